The van der Waals surface area contributed by atoms with E-state index in [-0.39, 0.29) is 16.3 Å². The molecule has 0 unspecified atom stereocenters. The number of carbonyl (C=O) groups excluding carboxylic acids is 1. The van der Waals surface area contributed by atoms with E-state index in [0.717, 1.165) is 27.4 Å². The zero-order valence-corrected chi connectivity index (χ0v) is 20.5. The summed E-state index contributed by atoms with van der Waals surface area (Å²) in [4.78, 5) is 13.6. The van der Waals surface area contributed by atoms with Gasteiger partial charge in [0.25, 0.3) is 10.0 Å². The fourth-order valence-electron chi connectivity index (χ4n) is 3.17. The Kier molecular flexibility index (Phi) is 8.34. The van der Waals surface area contributed by atoms with E-state index in [4.69, 9.17) is 4.74 Å². The van der Waals surface area contributed by atoms with Crippen molar-refractivity contribution in [3.63, 3.8) is 0 Å². The van der Waals surface area contributed by atoms with E-state index in [9.17, 15) is 26.4 Å². The van der Waals surface area contributed by atoms with Gasteiger partial charge in [0.2, 0.25) is 5.91 Å². The van der Waals surface area contributed by atoms with Crippen LogP contribution in [0.2, 0.25) is 0 Å². The maximum Gasteiger partial charge on any atom is 0.416 e. The molecule has 0 atom stereocenters. The molecule has 1 amide bonds. The zero-order valence-electron chi connectivity index (χ0n) is 18.9. The number of thioether (sulfide) groups is 1. The van der Waals surface area contributed by atoms with Crippen molar-refractivity contribution < 1.29 is 31.1 Å². The maximum absolute atomic E-state index is 13.5. The molecule has 0 bridgehead atoms. The second-order valence-electron chi connectivity index (χ2n) is 7.24. The lowest BCUT2D eigenvalue weighted by atomic mass is 10.2. The molecule has 186 valence electrons. The van der Waals surface area contributed by atoms with Crippen LogP contribution in [0.25, 0.3) is 0 Å². The van der Waals surface area contributed by atoms with E-state index in [1.807, 2.05) is 6.26 Å². The Morgan fingerprint density at radius 3 is 2.26 bits per heavy atom. The molecule has 3 aromatic carbocycles. The minimum Gasteiger partial charge on any atom is -0.494 e. The number of halogens is 3. The van der Waals surface area contributed by atoms with E-state index in [1.165, 1.54) is 42.1 Å². The SMILES string of the molecule is CCOc1ccc(N(CC(=O)Nc2cccc(C(F)(F)F)c2)S(=O)(=O)c2ccc(SC)cc2)cc1. The zero-order chi connectivity index (χ0) is 25.6. The van der Waals surface area contributed by atoms with Gasteiger partial charge in [-0.15, -0.1) is 11.8 Å². The highest BCUT2D eigenvalue weighted by Crippen LogP contribution is 2.31. The monoisotopic (exact) mass is 524 g/mol. The molecule has 0 heterocycles. The van der Waals surface area contributed by atoms with Crippen molar-refractivity contribution in [1.29, 1.82) is 0 Å². The average molecular weight is 525 g/mol. The predicted molar refractivity (Wildman–Crippen MR) is 130 cm³/mol. The molecule has 0 aliphatic heterocycles. The molecule has 3 rings (SSSR count). The number of amides is 1. The summed E-state index contributed by atoms with van der Waals surface area (Å²) in [6, 6.07) is 16.4. The van der Waals surface area contributed by atoms with Crippen LogP contribution in [0.1, 0.15) is 12.5 Å². The fraction of sp³-hybridized carbons (Fsp3) is 0.208. The Balaban J connectivity index is 1.92. The molecule has 6 nitrogen and oxygen atoms in total. The minimum atomic E-state index is -4.58. The maximum atomic E-state index is 13.5. The second kappa shape index (κ2) is 11.0. The quantitative estimate of drug-likeness (QED) is 0.366. The largest absolute Gasteiger partial charge is 0.494 e. The number of alkyl halides is 3. The van der Waals surface area contributed by atoms with E-state index >= 15 is 0 Å². The van der Waals surface area contributed by atoms with E-state index in [2.05, 4.69) is 5.32 Å². The van der Waals surface area contributed by atoms with Crippen LogP contribution in [0.5, 0.6) is 5.75 Å². The van der Waals surface area contributed by atoms with Gasteiger partial charge in [0.15, 0.2) is 0 Å². The molecule has 3 aromatic rings. The van der Waals surface area contributed by atoms with Crippen molar-refractivity contribution >= 4 is 39.1 Å². The number of sulfonamides is 1. The third kappa shape index (κ3) is 6.70. The fourth-order valence-corrected chi connectivity index (χ4v) is 5.00. The first-order valence-electron chi connectivity index (χ1n) is 10.4. The van der Waals surface area contributed by atoms with Crippen molar-refractivity contribution in [1.82, 2.24) is 0 Å². The molecular formula is C24H23F3N2O4S2. The smallest absolute Gasteiger partial charge is 0.416 e. The summed E-state index contributed by atoms with van der Waals surface area (Å²) in [5.41, 5.74) is -0.833. The van der Waals surface area contributed by atoms with Gasteiger partial charge in [-0.1, -0.05) is 6.07 Å². The first-order valence-corrected chi connectivity index (χ1v) is 13.1. The van der Waals surface area contributed by atoms with Crippen LogP contribution in [0.15, 0.2) is 82.6 Å². The van der Waals surface area contributed by atoms with Gasteiger partial charge < -0.3 is 10.1 Å². The van der Waals surface area contributed by atoms with Crippen molar-refractivity contribution in [2.75, 3.05) is 29.0 Å². The van der Waals surface area contributed by atoms with Gasteiger partial charge in [-0.3, -0.25) is 9.10 Å². The molecule has 0 spiro atoms. The molecule has 11 heteroatoms. The third-order valence-corrected chi connectivity index (χ3v) is 7.38. The van der Waals surface area contributed by atoms with Gasteiger partial charge in [-0.05, 0) is 79.9 Å². The van der Waals surface area contributed by atoms with E-state index in [0.29, 0.717) is 12.4 Å². The predicted octanol–water partition coefficient (Wildman–Crippen LogP) is 5.66. The number of anilines is 2. The molecule has 0 aliphatic rings. The average Bonchev–Trinajstić information content (AvgIpc) is 2.83. The molecule has 35 heavy (non-hydrogen) atoms. The van der Waals surface area contributed by atoms with Crippen LogP contribution in [-0.4, -0.2) is 33.7 Å². The van der Waals surface area contributed by atoms with Crippen LogP contribution in [0, 0.1) is 0 Å². The van der Waals surface area contributed by atoms with E-state index < -0.39 is 34.2 Å². The van der Waals surface area contributed by atoms with Gasteiger partial charge in [-0.2, -0.15) is 13.2 Å². The normalized spacial score (nSPS) is 11.7. The number of nitrogens with zero attached hydrogens (tertiary/aromatic N) is 1. The standard InChI is InChI=1S/C24H23F3N2O4S2/c1-3-33-20-9-7-19(8-10-20)29(35(31,32)22-13-11-21(34-2)12-14-22)16-23(30)28-18-6-4-5-17(15-18)24(25,26)27/h4-15H,3,16H2,1-2H3,(H,28,30). The third-order valence-electron chi connectivity index (χ3n) is 4.84. The van der Waals surface area contributed by atoms with Crippen molar-refractivity contribution in [2.24, 2.45) is 0 Å². The van der Waals surface area contributed by atoms with Gasteiger partial charge in [0.05, 0.1) is 22.8 Å². The van der Waals surface area contributed by atoms with Crippen LogP contribution in [0.3, 0.4) is 0 Å². The number of carbonyl (C=O) groups is 1. The number of hydrogen-bond acceptors (Lipinski definition) is 5. The summed E-state index contributed by atoms with van der Waals surface area (Å²) < 4.78 is 72.3. The highest BCUT2D eigenvalue weighted by atomic mass is 32.2. The molecule has 0 aromatic heterocycles. The van der Waals surface area contributed by atoms with Crippen LogP contribution in [-0.2, 0) is 21.0 Å². The Morgan fingerprint density at radius 2 is 1.69 bits per heavy atom. The first-order chi connectivity index (χ1) is 16.5. The summed E-state index contributed by atoms with van der Waals surface area (Å²) in [6.45, 7) is 1.57. The highest BCUT2D eigenvalue weighted by Gasteiger charge is 2.31. The number of ether oxygens (including phenoxy) is 1. The first kappa shape index (κ1) is 26.4. The minimum absolute atomic E-state index is 0.0314. The van der Waals surface area contributed by atoms with E-state index in [1.54, 1.807) is 31.2 Å². The van der Waals surface area contributed by atoms with Crippen LogP contribution < -0.4 is 14.4 Å². The highest BCUT2D eigenvalue weighted by molar-refractivity contribution is 7.98. The molecule has 0 radical (unpaired) electrons. The number of hydrogen-bond donors (Lipinski definition) is 1. The Morgan fingerprint density at radius 1 is 1.03 bits per heavy atom. The molecule has 0 fully saturated rings. The van der Waals surface area contributed by atoms with Crippen molar-refractivity contribution in [2.45, 2.75) is 22.9 Å². The molecule has 0 saturated carbocycles. The van der Waals surface area contributed by atoms with Crippen LogP contribution >= 0.6 is 11.8 Å². The van der Waals surface area contributed by atoms with Gasteiger partial charge in [-0.25, -0.2) is 8.42 Å². The number of nitrogens with one attached hydrogen (secondary N) is 1. The summed E-state index contributed by atoms with van der Waals surface area (Å²) in [5.74, 6) is -0.283. The second-order valence-corrected chi connectivity index (χ2v) is 9.98. The number of benzene rings is 3. The Bertz CT molecular complexity index is 1260. The lowest BCUT2D eigenvalue weighted by Crippen LogP contribution is -2.38. The molecule has 0 saturated heterocycles. The summed E-state index contributed by atoms with van der Waals surface area (Å²) >= 11 is 1.45. The summed E-state index contributed by atoms with van der Waals surface area (Å²) in [6.07, 6.45) is -2.73. The van der Waals surface area contributed by atoms with Gasteiger partial charge >= 0.3 is 6.18 Å². The Hall–Kier alpha value is -3.18. The Labute approximate surface area is 206 Å². The summed E-state index contributed by atoms with van der Waals surface area (Å²) in [5, 5.41) is 2.36. The van der Waals surface area contributed by atoms with Gasteiger partial charge in [0.1, 0.15) is 12.3 Å². The number of rotatable bonds is 9. The van der Waals surface area contributed by atoms with Crippen molar-refractivity contribution in [3.8, 4) is 5.75 Å². The van der Waals surface area contributed by atoms with Crippen molar-refractivity contribution in [3.05, 3.63) is 78.4 Å². The van der Waals surface area contributed by atoms with Crippen LogP contribution in [0.4, 0.5) is 24.5 Å². The molecular weight excluding hydrogens is 501 g/mol. The van der Waals surface area contributed by atoms with Gasteiger partial charge in [0, 0.05) is 10.6 Å². The molecule has 1 N–H and O–H groups in total. The lowest BCUT2D eigenvalue weighted by Gasteiger charge is -2.24. The molecule has 0 aliphatic carbocycles. The summed E-state index contributed by atoms with van der Waals surface area (Å²) in [7, 11) is -4.18. The topological polar surface area (TPSA) is 75.7 Å². The lowest BCUT2D eigenvalue weighted by molar-refractivity contribution is -0.137.